The molecular formula is C17H14ClN3O3. The number of hydrogen-bond donors (Lipinski definition) is 0. The zero-order chi connectivity index (χ0) is 17.1. The van der Waals surface area contributed by atoms with Crippen LogP contribution in [0.2, 0.25) is 5.02 Å². The maximum absolute atomic E-state index is 11.9. The summed E-state index contributed by atoms with van der Waals surface area (Å²) in [5, 5.41) is 0.923. The Bertz CT molecular complexity index is 897. The minimum atomic E-state index is -0.499. The number of methoxy groups -OCH3 is 1. The zero-order valence-electron chi connectivity index (χ0n) is 13.1. The molecular weight excluding hydrogens is 330 g/mol. The molecule has 3 aromatic heterocycles. The van der Waals surface area contributed by atoms with E-state index in [0.717, 1.165) is 5.56 Å². The van der Waals surface area contributed by atoms with Crippen molar-refractivity contribution >= 4 is 28.5 Å². The molecule has 0 spiro atoms. The van der Waals surface area contributed by atoms with Crippen molar-refractivity contribution < 1.29 is 14.3 Å². The lowest BCUT2D eigenvalue weighted by Gasteiger charge is -2.08. The molecule has 0 amide bonds. The first-order valence-electron chi connectivity index (χ1n) is 7.25. The number of rotatable bonds is 4. The molecule has 0 fully saturated rings. The molecule has 0 unspecified atom stereocenters. The summed E-state index contributed by atoms with van der Waals surface area (Å²) in [5.41, 5.74) is 2.30. The first-order valence-corrected chi connectivity index (χ1v) is 7.63. The fourth-order valence-corrected chi connectivity index (χ4v) is 2.50. The van der Waals surface area contributed by atoms with Crippen LogP contribution in [0, 0.1) is 0 Å². The molecule has 0 N–H and O–H groups in total. The highest BCUT2D eigenvalue weighted by Crippen LogP contribution is 2.29. The predicted molar refractivity (Wildman–Crippen MR) is 90.3 cm³/mol. The van der Waals surface area contributed by atoms with Crippen LogP contribution in [0.25, 0.3) is 22.2 Å². The molecule has 3 aromatic rings. The Morgan fingerprint density at radius 1 is 1.17 bits per heavy atom. The average Bonchev–Trinajstić information content (AvgIpc) is 2.62. The van der Waals surface area contributed by atoms with Gasteiger partial charge in [0.1, 0.15) is 0 Å². The lowest BCUT2D eigenvalue weighted by Crippen LogP contribution is -2.06. The topological polar surface area (TPSA) is 74.2 Å². The Morgan fingerprint density at radius 2 is 2.00 bits per heavy atom. The molecule has 3 heterocycles. The van der Waals surface area contributed by atoms with Crippen molar-refractivity contribution in [1.29, 1.82) is 0 Å². The molecule has 0 bridgehead atoms. The summed E-state index contributed by atoms with van der Waals surface area (Å²) in [4.78, 5) is 24.7. The van der Waals surface area contributed by atoms with Crippen LogP contribution in [0.4, 0.5) is 0 Å². The molecule has 0 radical (unpaired) electrons. The van der Waals surface area contributed by atoms with E-state index in [0.29, 0.717) is 27.5 Å². The van der Waals surface area contributed by atoms with Crippen LogP contribution in [0.3, 0.4) is 0 Å². The van der Waals surface area contributed by atoms with Crippen molar-refractivity contribution in [2.45, 2.75) is 6.92 Å². The number of esters is 1. The van der Waals surface area contributed by atoms with E-state index in [1.165, 1.54) is 6.20 Å². The van der Waals surface area contributed by atoms with Gasteiger partial charge in [0, 0.05) is 29.4 Å². The van der Waals surface area contributed by atoms with Crippen molar-refractivity contribution in [2.75, 3.05) is 13.7 Å². The average molecular weight is 344 g/mol. The molecule has 7 heteroatoms. The third-order valence-corrected chi connectivity index (χ3v) is 3.83. The molecule has 3 rings (SSSR count). The van der Waals surface area contributed by atoms with Gasteiger partial charge < -0.3 is 9.47 Å². The van der Waals surface area contributed by atoms with Gasteiger partial charge in [-0.2, -0.15) is 0 Å². The second-order valence-corrected chi connectivity index (χ2v) is 5.26. The van der Waals surface area contributed by atoms with E-state index in [9.17, 15) is 4.79 Å². The quantitative estimate of drug-likeness (QED) is 0.675. The Hall–Kier alpha value is -2.73. The van der Waals surface area contributed by atoms with Crippen LogP contribution in [0.15, 0.2) is 36.8 Å². The Kier molecular flexibility index (Phi) is 4.57. The van der Waals surface area contributed by atoms with Gasteiger partial charge in [-0.05, 0) is 19.1 Å². The van der Waals surface area contributed by atoms with E-state index in [1.807, 2.05) is 6.07 Å². The minimum absolute atomic E-state index is 0.232. The number of carbonyl (C=O) groups is 1. The largest absolute Gasteiger partial charge is 0.481 e. The van der Waals surface area contributed by atoms with Gasteiger partial charge in [0.05, 0.1) is 41.7 Å². The van der Waals surface area contributed by atoms with Gasteiger partial charge >= 0.3 is 5.97 Å². The maximum atomic E-state index is 11.9. The summed E-state index contributed by atoms with van der Waals surface area (Å²) in [6, 6.07) is 5.36. The highest BCUT2D eigenvalue weighted by Gasteiger charge is 2.16. The Balaban J connectivity index is 2.08. The van der Waals surface area contributed by atoms with Crippen LogP contribution in [0.1, 0.15) is 17.3 Å². The summed E-state index contributed by atoms with van der Waals surface area (Å²) in [6.45, 7) is 2.01. The van der Waals surface area contributed by atoms with Gasteiger partial charge in [-0.15, -0.1) is 0 Å². The number of halogens is 1. The fraction of sp³-hybridized carbons (Fsp3) is 0.176. The second-order valence-electron chi connectivity index (χ2n) is 4.88. The minimum Gasteiger partial charge on any atom is -0.481 e. The standard InChI is InChI=1S/C17H14ClN3O3/c1-3-24-17(22)12-8-19-14-9-20-13(6-11(14)16(12)18)10-4-5-15(23-2)21-7-10/h4-9H,3H2,1-2H3. The van der Waals surface area contributed by atoms with Crippen LogP contribution >= 0.6 is 11.6 Å². The van der Waals surface area contributed by atoms with Crippen LogP contribution in [-0.4, -0.2) is 34.6 Å². The molecule has 0 aromatic carbocycles. The first kappa shape index (κ1) is 16.1. The highest BCUT2D eigenvalue weighted by atomic mass is 35.5. The van der Waals surface area contributed by atoms with Crippen molar-refractivity contribution in [3.8, 4) is 17.1 Å². The normalized spacial score (nSPS) is 10.6. The summed E-state index contributed by atoms with van der Waals surface area (Å²) in [5.74, 6) is 0.0187. The Labute approximate surface area is 143 Å². The number of aromatic nitrogens is 3. The van der Waals surface area contributed by atoms with E-state index in [1.54, 1.807) is 38.6 Å². The highest BCUT2D eigenvalue weighted by molar-refractivity contribution is 6.38. The van der Waals surface area contributed by atoms with Crippen molar-refractivity contribution in [2.24, 2.45) is 0 Å². The Morgan fingerprint density at radius 3 is 2.67 bits per heavy atom. The molecule has 0 aliphatic carbocycles. The molecule has 122 valence electrons. The number of carbonyl (C=O) groups excluding carboxylic acids is 1. The van der Waals surface area contributed by atoms with Crippen molar-refractivity contribution in [3.63, 3.8) is 0 Å². The van der Waals surface area contributed by atoms with Crippen molar-refractivity contribution in [1.82, 2.24) is 15.0 Å². The first-order chi connectivity index (χ1) is 11.6. The van der Waals surface area contributed by atoms with E-state index < -0.39 is 5.97 Å². The van der Waals surface area contributed by atoms with Crippen LogP contribution < -0.4 is 4.74 Å². The number of hydrogen-bond acceptors (Lipinski definition) is 6. The molecule has 0 aliphatic rings. The van der Waals surface area contributed by atoms with Gasteiger partial charge in [0.15, 0.2) is 0 Å². The van der Waals surface area contributed by atoms with Gasteiger partial charge in [0.25, 0.3) is 0 Å². The summed E-state index contributed by atoms with van der Waals surface area (Å²) < 4.78 is 10.0. The van der Waals surface area contributed by atoms with Gasteiger partial charge in [-0.3, -0.25) is 9.97 Å². The molecule has 0 aliphatic heterocycles. The molecule has 0 saturated carbocycles. The molecule has 0 atom stereocenters. The zero-order valence-corrected chi connectivity index (χ0v) is 13.9. The van der Waals surface area contributed by atoms with Crippen LogP contribution in [0.5, 0.6) is 5.88 Å². The number of ether oxygens (including phenoxy) is 2. The van der Waals surface area contributed by atoms with Crippen molar-refractivity contribution in [3.05, 3.63) is 47.4 Å². The van der Waals surface area contributed by atoms with Gasteiger partial charge in [-0.25, -0.2) is 9.78 Å². The lowest BCUT2D eigenvalue weighted by atomic mass is 10.1. The van der Waals surface area contributed by atoms with E-state index in [2.05, 4.69) is 15.0 Å². The molecule has 0 saturated heterocycles. The SMILES string of the molecule is CCOC(=O)c1cnc2cnc(-c3ccc(OC)nc3)cc2c1Cl. The predicted octanol–water partition coefficient (Wildman–Crippen LogP) is 3.53. The fourth-order valence-electron chi connectivity index (χ4n) is 2.22. The summed E-state index contributed by atoms with van der Waals surface area (Å²) in [6.07, 6.45) is 4.66. The molecule has 6 nitrogen and oxygen atoms in total. The number of nitrogens with zero attached hydrogens (tertiary/aromatic N) is 3. The maximum Gasteiger partial charge on any atom is 0.341 e. The third kappa shape index (κ3) is 3.00. The monoisotopic (exact) mass is 343 g/mol. The summed E-state index contributed by atoms with van der Waals surface area (Å²) in [7, 11) is 1.55. The van der Waals surface area contributed by atoms with E-state index in [4.69, 9.17) is 21.1 Å². The van der Waals surface area contributed by atoms with E-state index >= 15 is 0 Å². The molecule has 24 heavy (non-hydrogen) atoms. The van der Waals surface area contributed by atoms with Gasteiger partial charge in [0.2, 0.25) is 5.88 Å². The number of pyridine rings is 3. The smallest absolute Gasteiger partial charge is 0.341 e. The number of fused-ring (bicyclic) bond motifs is 1. The van der Waals surface area contributed by atoms with E-state index in [-0.39, 0.29) is 12.2 Å². The third-order valence-electron chi connectivity index (χ3n) is 3.43. The summed E-state index contributed by atoms with van der Waals surface area (Å²) >= 11 is 6.38. The second kappa shape index (κ2) is 6.80. The lowest BCUT2D eigenvalue weighted by molar-refractivity contribution is 0.0526. The van der Waals surface area contributed by atoms with Gasteiger partial charge in [-0.1, -0.05) is 11.6 Å². The van der Waals surface area contributed by atoms with Crippen LogP contribution in [-0.2, 0) is 4.74 Å².